The van der Waals surface area contributed by atoms with E-state index in [1.54, 1.807) is 0 Å². The second-order valence-corrected chi connectivity index (χ2v) is 11.3. The summed E-state index contributed by atoms with van der Waals surface area (Å²) in [5.74, 6) is 0.150. The van der Waals surface area contributed by atoms with E-state index in [4.69, 9.17) is 0 Å². The van der Waals surface area contributed by atoms with Gasteiger partial charge in [0.25, 0.3) is 0 Å². The molecule has 5 nitrogen and oxygen atoms in total. The minimum Gasteiger partial charge on any atom is -0.384 e. The van der Waals surface area contributed by atoms with E-state index in [-0.39, 0.29) is 15.7 Å². The number of benzene rings is 3. The summed E-state index contributed by atoms with van der Waals surface area (Å²) < 4.78 is 48.1. The summed E-state index contributed by atoms with van der Waals surface area (Å²) >= 11 is 0. The van der Waals surface area contributed by atoms with E-state index >= 15 is 0 Å². The lowest BCUT2D eigenvalue weighted by Crippen LogP contribution is -2.12. The summed E-state index contributed by atoms with van der Waals surface area (Å²) in [6, 6.07) is 24.5. The number of sulfone groups is 2. The molecule has 158 valence electrons. The van der Waals surface area contributed by atoms with Gasteiger partial charge in [-0.15, -0.1) is 0 Å². The monoisotopic (exact) mass is 443 g/mol. The van der Waals surface area contributed by atoms with Gasteiger partial charge in [0, 0.05) is 25.0 Å². The third kappa shape index (κ3) is 5.49. The van der Waals surface area contributed by atoms with Crippen molar-refractivity contribution in [2.45, 2.75) is 22.1 Å². The van der Waals surface area contributed by atoms with E-state index < -0.39 is 19.7 Å². The zero-order valence-corrected chi connectivity index (χ0v) is 18.6. The van der Waals surface area contributed by atoms with Crippen molar-refractivity contribution in [2.24, 2.45) is 0 Å². The summed E-state index contributed by atoms with van der Waals surface area (Å²) in [5, 5.41) is 3.19. The lowest BCUT2D eigenvalue weighted by atomic mass is 9.88. The summed E-state index contributed by atoms with van der Waals surface area (Å²) in [5.41, 5.74) is 2.77. The van der Waals surface area contributed by atoms with Gasteiger partial charge in [-0.2, -0.15) is 0 Å². The molecule has 1 N–H and O–H groups in total. The van der Waals surface area contributed by atoms with Crippen LogP contribution in [0.4, 0.5) is 5.69 Å². The zero-order chi connectivity index (χ0) is 21.8. The molecule has 30 heavy (non-hydrogen) atoms. The van der Waals surface area contributed by atoms with Crippen LogP contribution in [0.15, 0.2) is 88.7 Å². The zero-order valence-electron chi connectivity index (χ0n) is 16.9. The van der Waals surface area contributed by atoms with Crippen LogP contribution in [0.1, 0.15) is 23.5 Å². The van der Waals surface area contributed by atoms with Crippen molar-refractivity contribution in [1.82, 2.24) is 0 Å². The number of rotatable bonds is 8. The lowest BCUT2D eigenvalue weighted by Gasteiger charge is -2.19. The van der Waals surface area contributed by atoms with E-state index in [1.165, 1.54) is 29.3 Å². The van der Waals surface area contributed by atoms with E-state index in [0.29, 0.717) is 12.2 Å². The highest BCUT2D eigenvalue weighted by molar-refractivity contribution is 7.91. The van der Waals surface area contributed by atoms with E-state index in [1.807, 2.05) is 36.4 Å². The Labute approximate surface area is 178 Å². The van der Waals surface area contributed by atoms with Crippen molar-refractivity contribution in [3.63, 3.8) is 0 Å². The number of nitrogens with one attached hydrogen (secondary N) is 1. The Kier molecular flexibility index (Phi) is 6.63. The molecule has 0 bridgehead atoms. The van der Waals surface area contributed by atoms with Crippen molar-refractivity contribution in [2.75, 3.05) is 24.4 Å². The molecule has 0 atom stereocenters. The number of hydrogen-bond donors (Lipinski definition) is 1. The van der Waals surface area contributed by atoms with Crippen LogP contribution in [0, 0.1) is 0 Å². The van der Waals surface area contributed by atoms with Crippen molar-refractivity contribution >= 4 is 25.4 Å². The maximum atomic E-state index is 12.2. The molecule has 0 aliphatic rings. The van der Waals surface area contributed by atoms with Gasteiger partial charge < -0.3 is 5.32 Å². The van der Waals surface area contributed by atoms with Gasteiger partial charge in [-0.1, -0.05) is 60.7 Å². The summed E-state index contributed by atoms with van der Waals surface area (Å²) in [6.45, 7) is 0.523. The maximum absolute atomic E-state index is 12.2. The van der Waals surface area contributed by atoms with Crippen molar-refractivity contribution in [1.29, 1.82) is 0 Å². The van der Waals surface area contributed by atoms with Gasteiger partial charge in [0.2, 0.25) is 0 Å². The second kappa shape index (κ2) is 9.02. The molecule has 0 saturated heterocycles. The molecular formula is C23H25NO4S2. The van der Waals surface area contributed by atoms with Gasteiger partial charge in [0.1, 0.15) is 0 Å². The minimum absolute atomic E-state index is 0.0126. The number of anilines is 1. The average Bonchev–Trinajstić information content (AvgIpc) is 2.71. The molecule has 3 aromatic carbocycles. The van der Waals surface area contributed by atoms with Gasteiger partial charge in [0.05, 0.1) is 15.5 Å². The highest BCUT2D eigenvalue weighted by Gasteiger charge is 2.19. The molecular weight excluding hydrogens is 418 g/mol. The first-order valence-corrected chi connectivity index (χ1v) is 13.3. The topological polar surface area (TPSA) is 80.3 Å². The molecule has 3 rings (SSSR count). The fourth-order valence-corrected chi connectivity index (χ4v) is 5.04. The Morgan fingerprint density at radius 2 is 1.27 bits per heavy atom. The molecule has 0 aliphatic heterocycles. The molecule has 0 aliphatic carbocycles. The van der Waals surface area contributed by atoms with E-state index in [9.17, 15) is 16.8 Å². The molecule has 0 radical (unpaired) electrons. The summed E-state index contributed by atoms with van der Waals surface area (Å²) in [4.78, 5) is -0.0266. The van der Waals surface area contributed by atoms with Crippen LogP contribution in [-0.2, 0) is 19.7 Å². The molecule has 0 saturated carbocycles. The molecule has 0 spiro atoms. The first kappa shape index (κ1) is 22.1. The fourth-order valence-electron chi connectivity index (χ4n) is 3.43. The normalized spacial score (nSPS) is 12.1. The van der Waals surface area contributed by atoms with Gasteiger partial charge >= 0.3 is 0 Å². The largest absolute Gasteiger partial charge is 0.384 e. The van der Waals surface area contributed by atoms with Crippen molar-refractivity contribution in [3.8, 4) is 0 Å². The van der Waals surface area contributed by atoms with Crippen LogP contribution in [0.5, 0.6) is 0 Å². The van der Waals surface area contributed by atoms with Gasteiger partial charge in [0.15, 0.2) is 19.7 Å². The van der Waals surface area contributed by atoms with Crippen LogP contribution in [0.25, 0.3) is 0 Å². The number of hydrogen-bond acceptors (Lipinski definition) is 5. The van der Waals surface area contributed by atoms with Gasteiger partial charge in [-0.05, 0) is 35.7 Å². The molecule has 0 heterocycles. The highest BCUT2D eigenvalue weighted by atomic mass is 32.2. The van der Waals surface area contributed by atoms with Crippen LogP contribution >= 0.6 is 0 Å². The van der Waals surface area contributed by atoms with Gasteiger partial charge in [-0.25, -0.2) is 16.8 Å². The second-order valence-electron chi connectivity index (χ2n) is 7.29. The van der Waals surface area contributed by atoms with E-state index in [2.05, 4.69) is 29.6 Å². The van der Waals surface area contributed by atoms with Crippen molar-refractivity contribution in [3.05, 3.63) is 90.0 Å². The summed E-state index contributed by atoms with van der Waals surface area (Å²) in [7, 11) is -7.10. The molecule has 0 aromatic heterocycles. The Morgan fingerprint density at radius 3 is 1.73 bits per heavy atom. The summed E-state index contributed by atoms with van der Waals surface area (Å²) in [6.07, 6.45) is 2.88. The fraction of sp³-hybridized carbons (Fsp3) is 0.217. The Balaban J connectivity index is 1.85. The first-order valence-electron chi connectivity index (χ1n) is 9.54. The molecule has 7 heteroatoms. The SMILES string of the molecule is CS(=O)(=O)c1ccc(NCCC(c2ccccc2)c2ccccc2)c(S(C)(=O)=O)c1. The molecule has 0 fully saturated rings. The Bertz CT molecular complexity index is 1170. The predicted octanol–water partition coefficient (Wildman–Crippen LogP) is 4.13. The quantitative estimate of drug-likeness (QED) is 0.566. The molecule has 0 unspecified atom stereocenters. The standard InChI is InChI=1S/C23H25NO4S2/c1-29(25,26)20-13-14-22(23(17-20)30(2,27)28)24-16-15-21(18-9-5-3-6-10-18)19-11-7-4-8-12-19/h3-14,17,21,24H,15-16H2,1-2H3. The Morgan fingerprint density at radius 1 is 0.733 bits per heavy atom. The van der Waals surface area contributed by atoms with E-state index in [0.717, 1.165) is 18.9 Å². The third-order valence-corrected chi connectivity index (χ3v) is 7.18. The minimum atomic E-state index is -3.60. The molecule has 0 amide bonds. The van der Waals surface area contributed by atoms with Crippen LogP contribution < -0.4 is 5.32 Å². The van der Waals surface area contributed by atoms with Crippen LogP contribution in [0.3, 0.4) is 0 Å². The highest BCUT2D eigenvalue weighted by Crippen LogP contribution is 2.29. The Hall–Kier alpha value is -2.64. The van der Waals surface area contributed by atoms with Crippen LogP contribution in [0.2, 0.25) is 0 Å². The predicted molar refractivity (Wildman–Crippen MR) is 120 cm³/mol. The average molecular weight is 444 g/mol. The van der Waals surface area contributed by atoms with Crippen LogP contribution in [-0.4, -0.2) is 35.9 Å². The molecule has 3 aromatic rings. The first-order chi connectivity index (χ1) is 14.2. The van der Waals surface area contributed by atoms with Gasteiger partial charge in [-0.3, -0.25) is 0 Å². The van der Waals surface area contributed by atoms with Crippen molar-refractivity contribution < 1.29 is 16.8 Å². The third-order valence-electron chi connectivity index (χ3n) is 4.93. The smallest absolute Gasteiger partial charge is 0.177 e. The maximum Gasteiger partial charge on any atom is 0.177 e. The lowest BCUT2D eigenvalue weighted by molar-refractivity contribution is 0.600.